The molecule has 0 bridgehead atoms. The van der Waals surface area contributed by atoms with E-state index >= 15 is 0 Å². The van der Waals surface area contributed by atoms with Gasteiger partial charge < -0.3 is 5.32 Å². The second-order valence-electron chi connectivity index (χ2n) is 2.38. The average Bonchev–Trinajstić information content (AvgIpc) is 1.86. The maximum atomic E-state index is 10.3. The molecular weight excluding hydrogens is 185 g/mol. The molecule has 0 radical (unpaired) electrons. The first-order valence-corrected chi connectivity index (χ1v) is 4.58. The highest BCUT2D eigenvalue weighted by molar-refractivity contribution is 6.63. The third-order valence-corrected chi connectivity index (χ3v) is 1.77. The van der Waals surface area contributed by atoms with Crippen LogP contribution in [-0.2, 0) is 0 Å². The van der Waals surface area contributed by atoms with Gasteiger partial charge in [0, 0.05) is 0 Å². The van der Waals surface area contributed by atoms with E-state index in [2.05, 4.69) is 12.2 Å². The minimum Gasteiger partial charge on any atom is -0.326 e. The van der Waals surface area contributed by atoms with Crippen LogP contribution in [0.1, 0.15) is 32.6 Å². The Labute approximate surface area is 77.2 Å². The van der Waals surface area contributed by atoms with Crippen LogP contribution in [0.2, 0.25) is 0 Å². The summed E-state index contributed by atoms with van der Waals surface area (Å²) in [5.74, 6) is 0. The summed E-state index contributed by atoms with van der Waals surface area (Å²) in [5, 5.41) is 1.81. The summed E-state index contributed by atoms with van der Waals surface area (Å²) in [6, 6.07) is 0. The number of amides is 1. The summed E-state index contributed by atoms with van der Waals surface area (Å²) < 4.78 is 0. The molecule has 0 aromatic rings. The number of unbranched alkanes of at least 4 members (excludes halogenated alkanes) is 2. The number of rotatable bonds is 5. The molecule has 4 heteroatoms. The van der Waals surface area contributed by atoms with Gasteiger partial charge in [0.2, 0.25) is 0 Å². The summed E-state index contributed by atoms with van der Waals surface area (Å²) in [4.78, 5) is 10.3. The van der Waals surface area contributed by atoms with Gasteiger partial charge in [-0.1, -0.05) is 37.8 Å². The van der Waals surface area contributed by atoms with Crippen molar-refractivity contribution in [3.8, 4) is 0 Å². The van der Waals surface area contributed by atoms with E-state index in [-0.39, 0.29) is 5.50 Å². The quantitative estimate of drug-likeness (QED) is 0.312. The molecule has 0 saturated carbocycles. The molecule has 66 valence electrons. The van der Waals surface area contributed by atoms with Crippen LogP contribution in [0.3, 0.4) is 0 Å². The van der Waals surface area contributed by atoms with Crippen LogP contribution in [0.15, 0.2) is 0 Å². The Kier molecular flexibility index (Phi) is 6.77. The van der Waals surface area contributed by atoms with Crippen molar-refractivity contribution in [3.63, 3.8) is 0 Å². The number of hydrogen-bond acceptors (Lipinski definition) is 1. The van der Waals surface area contributed by atoms with Crippen LogP contribution < -0.4 is 5.32 Å². The molecule has 0 aliphatic rings. The van der Waals surface area contributed by atoms with Gasteiger partial charge in [0.15, 0.2) is 0 Å². The van der Waals surface area contributed by atoms with Gasteiger partial charge in [0.05, 0.1) is 0 Å². The zero-order valence-electron chi connectivity index (χ0n) is 6.57. The van der Waals surface area contributed by atoms with Crippen LogP contribution in [-0.4, -0.2) is 10.9 Å². The summed E-state index contributed by atoms with van der Waals surface area (Å²) >= 11 is 10.7. The van der Waals surface area contributed by atoms with Gasteiger partial charge in [-0.25, -0.2) is 0 Å². The third kappa shape index (κ3) is 7.95. The van der Waals surface area contributed by atoms with E-state index in [4.69, 9.17) is 23.2 Å². The van der Waals surface area contributed by atoms with Gasteiger partial charge in [0.1, 0.15) is 5.50 Å². The van der Waals surface area contributed by atoms with Crippen molar-refractivity contribution in [2.24, 2.45) is 0 Å². The standard InChI is InChI=1S/C7H13Cl2NO/c1-2-3-4-5-6(8)10-7(9)11/h6H,2-5H2,1H3,(H,10,11). The molecule has 0 aromatic heterocycles. The number of carbonyl (C=O) groups excluding carboxylic acids is 1. The molecule has 2 nitrogen and oxygen atoms in total. The lowest BCUT2D eigenvalue weighted by Crippen LogP contribution is -2.25. The van der Waals surface area contributed by atoms with Crippen molar-refractivity contribution in [2.45, 2.75) is 38.1 Å². The van der Waals surface area contributed by atoms with Crippen LogP contribution in [0, 0.1) is 0 Å². The first-order chi connectivity index (χ1) is 5.16. The van der Waals surface area contributed by atoms with Gasteiger partial charge in [-0.2, -0.15) is 0 Å². The van der Waals surface area contributed by atoms with E-state index in [0.717, 1.165) is 25.7 Å². The van der Waals surface area contributed by atoms with Crippen molar-refractivity contribution >= 4 is 28.6 Å². The molecule has 0 fully saturated rings. The molecule has 0 aliphatic carbocycles. The van der Waals surface area contributed by atoms with E-state index in [1.54, 1.807) is 0 Å². The topological polar surface area (TPSA) is 29.1 Å². The fraction of sp³-hybridized carbons (Fsp3) is 0.857. The smallest absolute Gasteiger partial charge is 0.314 e. The minimum absolute atomic E-state index is 0.313. The lowest BCUT2D eigenvalue weighted by atomic mass is 10.2. The number of halogens is 2. The molecule has 0 spiro atoms. The summed E-state index contributed by atoms with van der Waals surface area (Å²) in [5.41, 5.74) is -0.313. The second-order valence-corrected chi connectivity index (χ2v) is 3.25. The molecule has 1 atom stereocenters. The molecule has 1 N–H and O–H groups in total. The Balaban J connectivity index is 3.22. The minimum atomic E-state index is -0.582. The van der Waals surface area contributed by atoms with Gasteiger partial charge in [-0.3, -0.25) is 4.79 Å². The van der Waals surface area contributed by atoms with Crippen molar-refractivity contribution < 1.29 is 4.79 Å². The summed E-state index contributed by atoms with van der Waals surface area (Å²) in [6.45, 7) is 2.11. The largest absolute Gasteiger partial charge is 0.326 e. The number of hydrogen-bond donors (Lipinski definition) is 1. The highest BCUT2D eigenvalue weighted by Gasteiger charge is 2.04. The number of alkyl halides is 1. The summed E-state index contributed by atoms with van der Waals surface area (Å²) in [6.07, 6.45) is 4.11. The van der Waals surface area contributed by atoms with E-state index < -0.39 is 5.37 Å². The first-order valence-electron chi connectivity index (χ1n) is 3.77. The molecule has 11 heavy (non-hydrogen) atoms. The van der Waals surface area contributed by atoms with Gasteiger partial charge >= 0.3 is 5.37 Å². The van der Waals surface area contributed by atoms with Gasteiger partial charge in [0.25, 0.3) is 0 Å². The molecule has 1 amide bonds. The highest BCUT2D eigenvalue weighted by atomic mass is 35.5. The molecule has 0 heterocycles. The molecule has 0 aliphatic heterocycles. The molecule has 0 saturated heterocycles. The average molecular weight is 198 g/mol. The predicted octanol–water partition coefficient (Wildman–Crippen LogP) is 3.08. The Morgan fingerprint density at radius 1 is 1.55 bits per heavy atom. The van der Waals surface area contributed by atoms with Crippen LogP contribution in [0.25, 0.3) is 0 Å². The fourth-order valence-corrected chi connectivity index (χ4v) is 1.21. The maximum absolute atomic E-state index is 10.3. The zero-order valence-corrected chi connectivity index (χ0v) is 8.08. The molecule has 0 rings (SSSR count). The Morgan fingerprint density at radius 2 is 2.18 bits per heavy atom. The lowest BCUT2D eigenvalue weighted by molar-refractivity contribution is 0.258. The first kappa shape index (κ1) is 11.1. The SMILES string of the molecule is CCCCCC(Cl)NC(=O)Cl. The van der Waals surface area contributed by atoms with Gasteiger partial charge in [-0.15, -0.1) is 0 Å². The van der Waals surface area contributed by atoms with Crippen molar-refractivity contribution in [3.05, 3.63) is 0 Å². The third-order valence-electron chi connectivity index (χ3n) is 1.33. The van der Waals surface area contributed by atoms with Crippen molar-refractivity contribution in [2.75, 3.05) is 0 Å². The second kappa shape index (κ2) is 6.74. The fourth-order valence-electron chi connectivity index (χ4n) is 0.769. The Hall–Kier alpha value is 0.0500. The summed E-state index contributed by atoms with van der Waals surface area (Å²) in [7, 11) is 0. The van der Waals surface area contributed by atoms with E-state index in [1.165, 1.54) is 0 Å². The predicted molar refractivity (Wildman–Crippen MR) is 48.2 cm³/mol. The highest BCUT2D eigenvalue weighted by Crippen LogP contribution is 2.06. The Morgan fingerprint density at radius 3 is 2.64 bits per heavy atom. The Bertz CT molecular complexity index is 119. The normalized spacial score (nSPS) is 12.6. The number of nitrogens with one attached hydrogen (secondary N) is 1. The lowest BCUT2D eigenvalue weighted by Gasteiger charge is -2.07. The van der Waals surface area contributed by atoms with E-state index in [0.29, 0.717) is 0 Å². The number of carbonyl (C=O) groups is 1. The zero-order chi connectivity index (χ0) is 8.69. The van der Waals surface area contributed by atoms with Crippen molar-refractivity contribution in [1.82, 2.24) is 5.32 Å². The van der Waals surface area contributed by atoms with Crippen molar-refractivity contribution in [1.29, 1.82) is 0 Å². The monoisotopic (exact) mass is 197 g/mol. The molecule has 1 unspecified atom stereocenters. The van der Waals surface area contributed by atoms with Crippen LogP contribution in [0.5, 0.6) is 0 Å². The van der Waals surface area contributed by atoms with Crippen LogP contribution in [0.4, 0.5) is 4.79 Å². The van der Waals surface area contributed by atoms with Crippen LogP contribution >= 0.6 is 23.2 Å². The molecule has 0 aromatic carbocycles. The van der Waals surface area contributed by atoms with Gasteiger partial charge in [-0.05, 0) is 18.0 Å². The maximum Gasteiger partial charge on any atom is 0.314 e. The van der Waals surface area contributed by atoms with E-state index in [9.17, 15) is 4.79 Å². The molecular formula is C7H13Cl2NO. The van der Waals surface area contributed by atoms with E-state index in [1.807, 2.05) is 0 Å².